The summed E-state index contributed by atoms with van der Waals surface area (Å²) in [6.07, 6.45) is 2.45. The lowest BCUT2D eigenvalue weighted by atomic mass is 9.86. The number of aryl methyl sites for hydroxylation is 1. The van der Waals surface area contributed by atoms with E-state index >= 15 is 0 Å². The van der Waals surface area contributed by atoms with Crippen molar-refractivity contribution in [2.45, 2.75) is 45.1 Å². The number of hydrogen-bond acceptors (Lipinski definition) is 3. The van der Waals surface area contributed by atoms with Gasteiger partial charge in [-0.15, -0.1) is 12.4 Å². The van der Waals surface area contributed by atoms with E-state index < -0.39 is 11.6 Å². The summed E-state index contributed by atoms with van der Waals surface area (Å²) < 4.78 is 5.94. The van der Waals surface area contributed by atoms with E-state index in [0.717, 1.165) is 31.2 Å². The molecule has 24 heavy (non-hydrogen) atoms. The predicted molar refractivity (Wildman–Crippen MR) is 96.9 cm³/mol. The third-order valence-corrected chi connectivity index (χ3v) is 4.60. The highest BCUT2D eigenvalue weighted by molar-refractivity contribution is 5.88. The van der Waals surface area contributed by atoms with Gasteiger partial charge in [-0.25, -0.2) is 0 Å². The van der Waals surface area contributed by atoms with Crippen LogP contribution in [-0.4, -0.2) is 34.9 Å². The van der Waals surface area contributed by atoms with Gasteiger partial charge in [0.15, 0.2) is 0 Å². The molecule has 0 saturated heterocycles. The number of aromatic nitrogens is 1. The van der Waals surface area contributed by atoms with Crippen LogP contribution in [0.4, 0.5) is 0 Å². The first kappa shape index (κ1) is 20.5. The monoisotopic (exact) mass is 355 g/mol. The molecule has 2 heterocycles. The zero-order valence-electron chi connectivity index (χ0n) is 14.4. The Morgan fingerprint density at radius 2 is 2.04 bits per heavy atom. The predicted octanol–water partition coefficient (Wildman–Crippen LogP) is 3.41. The van der Waals surface area contributed by atoms with Crippen molar-refractivity contribution in [3.05, 3.63) is 35.0 Å². The molecule has 0 bridgehead atoms. The fraction of sp³-hybridized carbons (Fsp3) is 0.500. The van der Waals surface area contributed by atoms with Crippen LogP contribution in [0.25, 0.3) is 10.9 Å². The van der Waals surface area contributed by atoms with Gasteiger partial charge in [0.2, 0.25) is 0 Å². The van der Waals surface area contributed by atoms with Crippen molar-refractivity contribution in [2.75, 3.05) is 13.7 Å². The quantitative estimate of drug-likeness (QED) is 0.784. The molecule has 0 radical (unpaired) electrons. The number of carboxylic acids is 1. The second-order valence-electron chi connectivity index (χ2n) is 5.69. The van der Waals surface area contributed by atoms with Gasteiger partial charge < -0.3 is 19.9 Å². The molecule has 134 valence electrons. The Balaban J connectivity index is 0.000000925. The van der Waals surface area contributed by atoms with Crippen LogP contribution in [0.3, 0.4) is 0 Å². The van der Waals surface area contributed by atoms with Crippen LogP contribution in [0.2, 0.25) is 0 Å². The molecule has 1 aliphatic rings. The van der Waals surface area contributed by atoms with E-state index in [-0.39, 0.29) is 18.8 Å². The minimum atomic E-state index is -0.820. The first-order valence-electron chi connectivity index (χ1n) is 8.04. The van der Waals surface area contributed by atoms with Gasteiger partial charge >= 0.3 is 5.97 Å². The smallest absolute Gasteiger partial charge is 0.306 e. The molecule has 1 aliphatic heterocycles. The Kier molecular flexibility index (Phi) is 7.27. The number of carboxylic acid groups (broad SMARTS) is 1. The number of halogens is 1. The summed E-state index contributed by atoms with van der Waals surface area (Å²) in [6, 6.07) is 6.32. The molecule has 0 saturated carbocycles. The summed E-state index contributed by atoms with van der Waals surface area (Å²) in [7, 11) is 1.00. The molecule has 1 aromatic heterocycles. The second-order valence-corrected chi connectivity index (χ2v) is 5.69. The zero-order valence-corrected chi connectivity index (χ0v) is 15.2. The molecule has 0 amide bonds. The molecule has 3 rings (SSSR count). The number of aliphatic hydroxyl groups excluding tert-OH is 1. The standard InChI is InChI=1S/C17H21NO3.CH4O.ClH/c1-3-11-6-5-7-12-13-8-9-21-17(4-2,10-14(19)20)16(13)18-15(11)12;1-2;/h5-7,18H,3-4,8-10H2,1-2H3,(H,19,20);2H,1H3;1H. The number of para-hydroxylation sites is 1. The van der Waals surface area contributed by atoms with Crippen molar-refractivity contribution in [1.29, 1.82) is 0 Å². The van der Waals surface area contributed by atoms with E-state index in [1.807, 2.05) is 6.92 Å². The van der Waals surface area contributed by atoms with Crippen molar-refractivity contribution in [3.63, 3.8) is 0 Å². The fourth-order valence-corrected chi connectivity index (χ4v) is 3.49. The molecule has 0 aliphatic carbocycles. The number of carbonyl (C=O) groups is 1. The summed E-state index contributed by atoms with van der Waals surface area (Å²) >= 11 is 0. The third-order valence-electron chi connectivity index (χ3n) is 4.60. The van der Waals surface area contributed by atoms with E-state index in [0.29, 0.717) is 13.0 Å². The number of hydrogen-bond donors (Lipinski definition) is 3. The number of aromatic amines is 1. The normalized spacial score (nSPS) is 19.0. The van der Waals surface area contributed by atoms with Gasteiger partial charge in [0, 0.05) is 18.0 Å². The number of nitrogens with one attached hydrogen (secondary N) is 1. The average Bonchev–Trinajstić information content (AvgIpc) is 2.96. The Bertz CT molecular complexity index is 698. The summed E-state index contributed by atoms with van der Waals surface area (Å²) in [5, 5.41) is 17.5. The van der Waals surface area contributed by atoms with Crippen molar-refractivity contribution in [1.82, 2.24) is 4.98 Å². The SMILES string of the molecule is CCc1cccc2c3c([nH]c12)C(CC)(CC(=O)O)OCC3.CO.Cl. The molecule has 1 aromatic carbocycles. The van der Waals surface area contributed by atoms with E-state index in [2.05, 4.69) is 30.1 Å². The first-order valence-corrected chi connectivity index (χ1v) is 8.04. The van der Waals surface area contributed by atoms with Crippen LogP contribution in [0.1, 0.15) is 43.5 Å². The number of rotatable bonds is 4. The number of H-pyrrole nitrogens is 1. The van der Waals surface area contributed by atoms with Crippen LogP contribution in [0, 0.1) is 0 Å². The first-order chi connectivity index (χ1) is 11.1. The summed E-state index contributed by atoms with van der Waals surface area (Å²) in [4.78, 5) is 14.8. The van der Waals surface area contributed by atoms with Gasteiger partial charge in [-0.3, -0.25) is 4.79 Å². The van der Waals surface area contributed by atoms with E-state index in [4.69, 9.17) is 9.84 Å². The van der Waals surface area contributed by atoms with Crippen LogP contribution in [0.15, 0.2) is 18.2 Å². The number of benzene rings is 1. The number of ether oxygens (including phenoxy) is 1. The van der Waals surface area contributed by atoms with Crippen LogP contribution >= 0.6 is 12.4 Å². The van der Waals surface area contributed by atoms with E-state index in [1.165, 1.54) is 16.5 Å². The second kappa shape index (κ2) is 8.51. The van der Waals surface area contributed by atoms with Gasteiger partial charge in [-0.1, -0.05) is 32.0 Å². The van der Waals surface area contributed by atoms with Crippen LogP contribution < -0.4 is 0 Å². The highest BCUT2D eigenvalue weighted by Crippen LogP contribution is 2.42. The fourth-order valence-electron chi connectivity index (χ4n) is 3.49. The maximum atomic E-state index is 11.3. The van der Waals surface area contributed by atoms with E-state index in [9.17, 15) is 9.90 Å². The topological polar surface area (TPSA) is 82.6 Å². The number of aliphatic carboxylic acids is 1. The summed E-state index contributed by atoms with van der Waals surface area (Å²) in [5.74, 6) is -0.820. The van der Waals surface area contributed by atoms with Crippen molar-refractivity contribution >= 4 is 29.3 Å². The Labute approximate surface area is 148 Å². The van der Waals surface area contributed by atoms with Crippen LogP contribution in [0.5, 0.6) is 0 Å². The third kappa shape index (κ3) is 3.43. The van der Waals surface area contributed by atoms with Gasteiger partial charge in [0.1, 0.15) is 5.60 Å². The molecule has 1 unspecified atom stereocenters. The average molecular weight is 356 g/mol. The number of aliphatic hydroxyl groups is 1. The summed E-state index contributed by atoms with van der Waals surface area (Å²) in [5.41, 5.74) is 3.88. The molecular formula is C18H26ClNO4. The molecule has 3 N–H and O–H groups in total. The Hall–Kier alpha value is -1.56. The Morgan fingerprint density at radius 1 is 1.33 bits per heavy atom. The minimum absolute atomic E-state index is 0. The molecule has 6 heteroatoms. The molecular weight excluding hydrogens is 330 g/mol. The maximum absolute atomic E-state index is 11.3. The lowest BCUT2D eigenvalue weighted by Gasteiger charge is -2.35. The van der Waals surface area contributed by atoms with Gasteiger partial charge in [0.05, 0.1) is 18.7 Å². The summed E-state index contributed by atoms with van der Waals surface area (Å²) in [6.45, 7) is 4.71. The van der Waals surface area contributed by atoms with Gasteiger partial charge in [-0.05, 0) is 30.4 Å². The Morgan fingerprint density at radius 3 is 2.62 bits per heavy atom. The van der Waals surface area contributed by atoms with Crippen molar-refractivity contribution in [2.24, 2.45) is 0 Å². The number of fused-ring (bicyclic) bond motifs is 3. The van der Waals surface area contributed by atoms with Crippen molar-refractivity contribution in [3.8, 4) is 0 Å². The van der Waals surface area contributed by atoms with E-state index in [1.54, 1.807) is 0 Å². The highest BCUT2D eigenvalue weighted by Gasteiger charge is 2.40. The lowest BCUT2D eigenvalue weighted by molar-refractivity contribution is -0.148. The molecule has 5 nitrogen and oxygen atoms in total. The highest BCUT2D eigenvalue weighted by atomic mass is 35.5. The lowest BCUT2D eigenvalue weighted by Crippen LogP contribution is -2.37. The zero-order chi connectivity index (χ0) is 17.0. The maximum Gasteiger partial charge on any atom is 0.306 e. The van der Waals surface area contributed by atoms with Crippen molar-refractivity contribution < 1.29 is 19.7 Å². The molecule has 0 fully saturated rings. The largest absolute Gasteiger partial charge is 0.481 e. The van der Waals surface area contributed by atoms with Gasteiger partial charge in [0.25, 0.3) is 0 Å². The van der Waals surface area contributed by atoms with Gasteiger partial charge in [-0.2, -0.15) is 0 Å². The minimum Gasteiger partial charge on any atom is -0.481 e. The molecule has 2 aromatic rings. The van der Waals surface area contributed by atoms with Crippen LogP contribution in [-0.2, 0) is 28.0 Å². The molecule has 1 atom stereocenters. The molecule has 0 spiro atoms.